The molecule has 1 fully saturated rings. The van der Waals surface area contributed by atoms with Crippen molar-refractivity contribution in [1.82, 2.24) is 14.7 Å². The normalized spacial score (nSPS) is 16.2. The van der Waals surface area contributed by atoms with Crippen molar-refractivity contribution in [3.05, 3.63) is 72.2 Å². The summed E-state index contributed by atoms with van der Waals surface area (Å²) in [6.45, 7) is 2.99. The summed E-state index contributed by atoms with van der Waals surface area (Å²) in [5.74, 6) is -1.11. The van der Waals surface area contributed by atoms with E-state index in [9.17, 15) is 14.0 Å². The number of halogens is 1. The standard InChI is InChI=1S/C24H24FN3O3/c1-2-31-24(30)18-7-6-14-27(16-18)23(29)22-15-21(17-10-12-19(25)13-11-17)26-28(22)20-8-4-3-5-9-20/h3-5,8-13,15,18H,2,6-7,14,16H2,1H3. The van der Waals surface area contributed by atoms with E-state index in [4.69, 9.17) is 4.74 Å². The van der Waals surface area contributed by atoms with Gasteiger partial charge in [0, 0.05) is 18.7 Å². The van der Waals surface area contributed by atoms with Gasteiger partial charge in [-0.1, -0.05) is 18.2 Å². The quantitative estimate of drug-likeness (QED) is 0.582. The number of carbonyl (C=O) groups is 2. The summed E-state index contributed by atoms with van der Waals surface area (Å²) in [6, 6.07) is 17.1. The third-order valence-corrected chi connectivity index (χ3v) is 5.40. The van der Waals surface area contributed by atoms with Gasteiger partial charge in [0.05, 0.1) is 23.9 Å². The molecular weight excluding hydrogens is 397 g/mol. The Morgan fingerprint density at radius 2 is 1.87 bits per heavy atom. The minimum Gasteiger partial charge on any atom is -0.466 e. The highest BCUT2D eigenvalue weighted by molar-refractivity contribution is 5.94. The molecular formula is C24H24FN3O3. The molecule has 0 aliphatic carbocycles. The van der Waals surface area contributed by atoms with Crippen LogP contribution in [0.4, 0.5) is 4.39 Å². The van der Waals surface area contributed by atoms with Crippen molar-refractivity contribution < 1.29 is 18.7 Å². The van der Waals surface area contributed by atoms with Gasteiger partial charge < -0.3 is 9.64 Å². The fourth-order valence-corrected chi connectivity index (χ4v) is 3.84. The molecule has 31 heavy (non-hydrogen) atoms. The fraction of sp³-hybridized carbons (Fsp3) is 0.292. The van der Waals surface area contributed by atoms with Crippen LogP contribution in [0.3, 0.4) is 0 Å². The van der Waals surface area contributed by atoms with Crippen LogP contribution in [-0.2, 0) is 9.53 Å². The first-order chi connectivity index (χ1) is 15.1. The van der Waals surface area contributed by atoms with Crippen LogP contribution in [0.1, 0.15) is 30.3 Å². The summed E-state index contributed by atoms with van der Waals surface area (Å²) in [4.78, 5) is 27.4. The lowest BCUT2D eigenvalue weighted by molar-refractivity contribution is -0.149. The van der Waals surface area contributed by atoms with Crippen molar-refractivity contribution in [1.29, 1.82) is 0 Å². The third-order valence-electron chi connectivity index (χ3n) is 5.40. The molecule has 1 saturated heterocycles. The molecule has 0 spiro atoms. The summed E-state index contributed by atoms with van der Waals surface area (Å²) in [7, 11) is 0. The topological polar surface area (TPSA) is 64.4 Å². The lowest BCUT2D eigenvalue weighted by Gasteiger charge is -2.31. The number of likely N-dealkylation sites (tertiary alicyclic amines) is 1. The lowest BCUT2D eigenvalue weighted by Crippen LogP contribution is -2.43. The van der Waals surface area contributed by atoms with Gasteiger partial charge in [-0.15, -0.1) is 0 Å². The number of ether oxygens (including phenoxy) is 1. The second-order valence-corrected chi connectivity index (χ2v) is 7.51. The van der Waals surface area contributed by atoms with Crippen LogP contribution in [0.25, 0.3) is 16.9 Å². The van der Waals surface area contributed by atoms with Crippen LogP contribution in [-0.4, -0.2) is 46.3 Å². The second kappa shape index (κ2) is 9.12. The Bertz CT molecular complexity index is 1060. The van der Waals surface area contributed by atoms with E-state index in [0.717, 1.165) is 12.1 Å². The lowest BCUT2D eigenvalue weighted by atomic mass is 9.98. The van der Waals surface area contributed by atoms with E-state index in [-0.39, 0.29) is 23.6 Å². The first kappa shape index (κ1) is 20.8. The summed E-state index contributed by atoms with van der Waals surface area (Å²) in [6.07, 6.45) is 1.45. The van der Waals surface area contributed by atoms with E-state index >= 15 is 0 Å². The zero-order valence-electron chi connectivity index (χ0n) is 17.3. The van der Waals surface area contributed by atoms with Crippen molar-refractivity contribution in [2.75, 3.05) is 19.7 Å². The third kappa shape index (κ3) is 4.50. The van der Waals surface area contributed by atoms with Crippen molar-refractivity contribution in [2.24, 2.45) is 5.92 Å². The average Bonchev–Trinajstić information content (AvgIpc) is 3.25. The molecule has 1 amide bonds. The Morgan fingerprint density at radius 3 is 2.58 bits per heavy atom. The van der Waals surface area contributed by atoms with Gasteiger partial charge in [-0.2, -0.15) is 5.10 Å². The molecule has 6 nitrogen and oxygen atoms in total. The SMILES string of the molecule is CCOC(=O)C1CCCN(C(=O)c2cc(-c3ccc(F)cc3)nn2-c2ccccc2)C1. The number of piperidine rings is 1. The number of para-hydroxylation sites is 1. The number of esters is 1. The molecule has 0 radical (unpaired) electrons. The smallest absolute Gasteiger partial charge is 0.310 e. The van der Waals surface area contributed by atoms with E-state index in [1.807, 2.05) is 30.3 Å². The van der Waals surface area contributed by atoms with E-state index in [1.54, 1.807) is 34.7 Å². The Labute approximate surface area is 180 Å². The van der Waals surface area contributed by atoms with Crippen LogP contribution in [0.15, 0.2) is 60.7 Å². The molecule has 0 bridgehead atoms. The predicted octanol–water partition coefficient (Wildman–Crippen LogP) is 4.09. The van der Waals surface area contributed by atoms with Crippen molar-refractivity contribution in [2.45, 2.75) is 19.8 Å². The maximum absolute atomic E-state index is 13.5. The zero-order valence-corrected chi connectivity index (χ0v) is 17.3. The highest BCUT2D eigenvalue weighted by Crippen LogP contribution is 2.25. The number of hydrogen-bond donors (Lipinski definition) is 0. The van der Waals surface area contributed by atoms with E-state index in [0.29, 0.717) is 43.1 Å². The summed E-state index contributed by atoms with van der Waals surface area (Å²) in [5.41, 5.74) is 2.44. The first-order valence-electron chi connectivity index (χ1n) is 10.4. The molecule has 0 N–H and O–H groups in total. The number of aromatic nitrogens is 2. The summed E-state index contributed by atoms with van der Waals surface area (Å²) < 4.78 is 20.1. The molecule has 2 aromatic carbocycles. The van der Waals surface area contributed by atoms with E-state index in [1.165, 1.54) is 12.1 Å². The maximum atomic E-state index is 13.5. The molecule has 1 atom stereocenters. The Kier molecular flexibility index (Phi) is 6.11. The molecule has 4 rings (SSSR count). The first-order valence-corrected chi connectivity index (χ1v) is 10.4. The highest BCUT2D eigenvalue weighted by atomic mass is 19.1. The van der Waals surface area contributed by atoms with Crippen molar-refractivity contribution in [3.63, 3.8) is 0 Å². The fourth-order valence-electron chi connectivity index (χ4n) is 3.84. The maximum Gasteiger partial charge on any atom is 0.310 e. The van der Waals surface area contributed by atoms with Crippen molar-refractivity contribution >= 4 is 11.9 Å². The number of rotatable bonds is 5. The number of carbonyl (C=O) groups excluding carboxylic acids is 2. The van der Waals surface area contributed by atoms with Crippen LogP contribution >= 0.6 is 0 Å². The van der Waals surface area contributed by atoms with Gasteiger partial charge in [-0.05, 0) is 62.2 Å². The zero-order chi connectivity index (χ0) is 21.8. The molecule has 1 aromatic heterocycles. The van der Waals surface area contributed by atoms with Gasteiger partial charge in [0.2, 0.25) is 0 Å². The molecule has 7 heteroatoms. The number of hydrogen-bond acceptors (Lipinski definition) is 4. The van der Waals surface area contributed by atoms with Crippen LogP contribution in [0.2, 0.25) is 0 Å². The van der Waals surface area contributed by atoms with Gasteiger partial charge in [-0.3, -0.25) is 9.59 Å². The van der Waals surface area contributed by atoms with Gasteiger partial charge in [0.25, 0.3) is 5.91 Å². The monoisotopic (exact) mass is 421 g/mol. The Hall–Kier alpha value is -3.48. The molecule has 1 aliphatic rings. The number of amides is 1. The largest absolute Gasteiger partial charge is 0.466 e. The van der Waals surface area contributed by atoms with Crippen LogP contribution in [0.5, 0.6) is 0 Å². The van der Waals surface area contributed by atoms with Crippen molar-refractivity contribution in [3.8, 4) is 16.9 Å². The van der Waals surface area contributed by atoms with Crippen LogP contribution < -0.4 is 0 Å². The summed E-state index contributed by atoms with van der Waals surface area (Å²) in [5, 5.41) is 4.63. The van der Waals surface area contributed by atoms with Gasteiger partial charge in [-0.25, -0.2) is 9.07 Å². The van der Waals surface area contributed by atoms with Gasteiger partial charge in [0.1, 0.15) is 11.5 Å². The minimum absolute atomic E-state index is 0.196. The van der Waals surface area contributed by atoms with Gasteiger partial charge >= 0.3 is 5.97 Å². The molecule has 3 aromatic rings. The number of benzene rings is 2. The average molecular weight is 421 g/mol. The molecule has 160 valence electrons. The van der Waals surface area contributed by atoms with E-state index < -0.39 is 0 Å². The predicted molar refractivity (Wildman–Crippen MR) is 114 cm³/mol. The van der Waals surface area contributed by atoms with E-state index in [2.05, 4.69) is 5.10 Å². The molecule has 1 unspecified atom stereocenters. The highest BCUT2D eigenvalue weighted by Gasteiger charge is 2.31. The number of nitrogens with zero attached hydrogens (tertiary/aromatic N) is 3. The molecule has 1 aliphatic heterocycles. The molecule has 2 heterocycles. The Morgan fingerprint density at radius 1 is 1.13 bits per heavy atom. The minimum atomic E-state index is -0.333. The summed E-state index contributed by atoms with van der Waals surface area (Å²) >= 11 is 0. The van der Waals surface area contributed by atoms with Gasteiger partial charge in [0.15, 0.2) is 0 Å². The molecule has 0 saturated carbocycles. The second-order valence-electron chi connectivity index (χ2n) is 7.51. The van der Waals surface area contributed by atoms with Crippen LogP contribution in [0, 0.1) is 11.7 Å². The Balaban J connectivity index is 1.68.